The van der Waals surface area contributed by atoms with Crippen LogP contribution in [0.15, 0.2) is 48.8 Å². The number of carbonyl (C=O) groups is 1. The molecule has 136 valence electrons. The number of fused-ring (bicyclic) bond motifs is 1. The van der Waals surface area contributed by atoms with Gasteiger partial charge in [-0.3, -0.25) is 9.78 Å². The van der Waals surface area contributed by atoms with Crippen molar-refractivity contribution in [2.24, 2.45) is 0 Å². The summed E-state index contributed by atoms with van der Waals surface area (Å²) in [5, 5.41) is 6.89. The fourth-order valence-corrected chi connectivity index (χ4v) is 2.36. The van der Waals surface area contributed by atoms with Crippen LogP contribution in [-0.4, -0.2) is 33.3 Å². The van der Waals surface area contributed by atoms with Crippen LogP contribution in [0.3, 0.4) is 0 Å². The van der Waals surface area contributed by atoms with Crippen LogP contribution in [0.1, 0.15) is 29.1 Å². The Kier molecular flexibility index (Phi) is 4.79. The van der Waals surface area contributed by atoms with Gasteiger partial charge in [0.1, 0.15) is 11.4 Å². The molecule has 26 heavy (non-hydrogen) atoms. The van der Waals surface area contributed by atoms with Gasteiger partial charge in [0.25, 0.3) is 5.91 Å². The largest absolute Gasteiger partial charge is 0.483 e. The molecule has 9 heteroatoms. The first-order valence-corrected chi connectivity index (χ1v) is 7.72. The van der Waals surface area contributed by atoms with Crippen LogP contribution >= 0.6 is 0 Å². The summed E-state index contributed by atoms with van der Waals surface area (Å²) in [6.45, 7) is 0.341. The Morgan fingerprint density at radius 3 is 2.77 bits per heavy atom. The van der Waals surface area contributed by atoms with Crippen LogP contribution < -0.4 is 10.1 Å². The van der Waals surface area contributed by atoms with Crippen molar-refractivity contribution in [2.45, 2.75) is 19.1 Å². The third-order valence-electron chi connectivity index (χ3n) is 3.61. The zero-order valence-electron chi connectivity index (χ0n) is 13.7. The number of amides is 1. The van der Waals surface area contributed by atoms with Gasteiger partial charge in [0.15, 0.2) is 6.61 Å². The number of hydrogen-bond acceptors (Lipinski definition) is 4. The monoisotopic (exact) mass is 364 g/mol. The highest BCUT2D eigenvalue weighted by atomic mass is 19.4. The number of rotatable bonds is 5. The van der Waals surface area contributed by atoms with Gasteiger partial charge in [-0.15, -0.1) is 0 Å². The van der Waals surface area contributed by atoms with Gasteiger partial charge in [-0.25, -0.2) is 4.52 Å². The topological polar surface area (TPSA) is 68.5 Å². The number of hydrogen-bond donors (Lipinski definition) is 1. The van der Waals surface area contributed by atoms with E-state index in [9.17, 15) is 18.0 Å². The third kappa shape index (κ3) is 4.11. The molecule has 0 radical (unpaired) electrons. The molecule has 0 aromatic carbocycles. The molecule has 1 N–H and O–H groups in total. The molecule has 0 unspecified atom stereocenters. The Morgan fingerprint density at radius 1 is 1.27 bits per heavy atom. The molecule has 0 aliphatic rings. The lowest BCUT2D eigenvalue weighted by molar-refractivity contribution is -0.153. The van der Waals surface area contributed by atoms with Crippen molar-refractivity contribution in [3.63, 3.8) is 0 Å². The van der Waals surface area contributed by atoms with Gasteiger partial charge in [0, 0.05) is 0 Å². The Morgan fingerprint density at radius 2 is 2.08 bits per heavy atom. The van der Waals surface area contributed by atoms with Crippen molar-refractivity contribution in [3.8, 4) is 5.75 Å². The van der Waals surface area contributed by atoms with Crippen LogP contribution in [0.4, 0.5) is 13.2 Å². The molecular formula is C17H15F3N4O2. The smallest absolute Gasteiger partial charge is 0.422 e. The van der Waals surface area contributed by atoms with Crippen molar-refractivity contribution in [2.75, 3.05) is 6.61 Å². The maximum absolute atomic E-state index is 12.5. The van der Waals surface area contributed by atoms with Gasteiger partial charge in [-0.1, -0.05) is 6.07 Å². The van der Waals surface area contributed by atoms with Crippen LogP contribution in [-0.2, 0) is 0 Å². The van der Waals surface area contributed by atoms with Crippen molar-refractivity contribution in [3.05, 3.63) is 60.2 Å². The molecule has 0 aliphatic heterocycles. The Labute approximate surface area is 146 Å². The van der Waals surface area contributed by atoms with Crippen LogP contribution in [0.25, 0.3) is 5.52 Å². The summed E-state index contributed by atoms with van der Waals surface area (Å²) in [6.07, 6.45) is -1.62. The minimum atomic E-state index is -4.41. The first-order chi connectivity index (χ1) is 12.3. The minimum Gasteiger partial charge on any atom is -0.483 e. The number of nitrogens with zero attached hydrogens (tertiary/aromatic N) is 3. The Bertz CT molecular complexity index is 906. The molecule has 3 aromatic heterocycles. The van der Waals surface area contributed by atoms with Gasteiger partial charge in [0.05, 0.1) is 29.6 Å². The SMILES string of the molecule is C[C@@H](NC(=O)c1cccc2ccnn12)c1ccc(OCC(F)(F)F)cn1. The maximum Gasteiger partial charge on any atom is 0.422 e. The van der Waals surface area contributed by atoms with Gasteiger partial charge < -0.3 is 10.1 Å². The predicted octanol–water partition coefficient (Wildman–Crippen LogP) is 3.16. The lowest BCUT2D eigenvalue weighted by Gasteiger charge is -2.15. The fraction of sp³-hybridized carbons (Fsp3) is 0.235. The van der Waals surface area contributed by atoms with E-state index in [1.807, 2.05) is 6.07 Å². The maximum atomic E-state index is 12.5. The van der Waals surface area contributed by atoms with Gasteiger partial charge >= 0.3 is 6.18 Å². The Hall–Kier alpha value is -3.10. The van der Waals surface area contributed by atoms with Crippen LogP contribution in [0, 0.1) is 0 Å². The average Bonchev–Trinajstić information content (AvgIpc) is 3.08. The number of carbonyl (C=O) groups excluding carboxylic acids is 1. The molecule has 0 aliphatic carbocycles. The number of ether oxygens (including phenoxy) is 1. The number of alkyl halides is 3. The fourth-order valence-electron chi connectivity index (χ4n) is 2.36. The van der Waals surface area contributed by atoms with Gasteiger partial charge in [-0.05, 0) is 37.3 Å². The summed E-state index contributed by atoms with van der Waals surface area (Å²) in [7, 11) is 0. The van der Waals surface area contributed by atoms with Crippen LogP contribution in [0.5, 0.6) is 5.75 Å². The average molecular weight is 364 g/mol. The summed E-state index contributed by atoms with van der Waals surface area (Å²) in [6, 6.07) is 9.43. The van der Waals surface area contributed by atoms with Crippen molar-refractivity contribution < 1.29 is 22.7 Å². The summed E-state index contributed by atoms with van der Waals surface area (Å²) in [4.78, 5) is 16.5. The van der Waals surface area contributed by atoms with Gasteiger partial charge in [0.2, 0.25) is 0 Å². The summed E-state index contributed by atoms with van der Waals surface area (Å²) in [5.74, 6) is -0.336. The van der Waals surface area contributed by atoms with E-state index in [1.165, 1.54) is 22.8 Å². The molecule has 1 atom stereocenters. The van der Waals surface area contributed by atoms with Gasteiger partial charge in [-0.2, -0.15) is 18.3 Å². The molecule has 0 saturated carbocycles. The zero-order valence-corrected chi connectivity index (χ0v) is 13.7. The molecule has 3 rings (SSSR count). The Balaban J connectivity index is 1.67. The highest BCUT2D eigenvalue weighted by Crippen LogP contribution is 2.19. The van der Waals surface area contributed by atoms with E-state index in [0.717, 1.165) is 5.52 Å². The summed E-state index contributed by atoms with van der Waals surface area (Å²) in [5.41, 5.74) is 1.64. The minimum absolute atomic E-state index is 0.00547. The van der Waals surface area contributed by atoms with E-state index in [-0.39, 0.29) is 11.7 Å². The lowest BCUT2D eigenvalue weighted by Crippen LogP contribution is -2.29. The predicted molar refractivity (Wildman–Crippen MR) is 86.9 cm³/mol. The first kappa shape index (κ1) is 17.7. The molecule has 1 amide bonds. The molecule has 0 fully saturated rings. The number of aromatic nitrogens is 3. The van der Waals surface area contributed by atoms with Crippen LogP contribution in [0.2, 0.25) is 0 Å². The van der Waals surface area contributed by atoms with E-state index in [0.29, 0.717) is 11.4 Å². The van der Waals surface area contributed by atoms with E-state index in [1.54, 1.807) is 31.3 Å². The van der Waals surface area contributed by atoms with E-state index < -0.39 is 18.8 Å². The summed E-state index contributed by atoms with van der Waals surface area (Å²) < 4.78 is 42.5. The lowest BCUT2D eigenvalue weighted by atomic mass is 10.2. The number of halogens is 3. The number of pyridine rings is 2. The van der Waals surface area contributed by atoms with Crippen molar-refractivity contribution in [1.82, 2.24) is 19.9 Å². The second kappa shape index (κ2) is 7.03. The standard InChI is InChI=1S/C17H15F3N4O2/c1-11(14-6-5-13(9-21-14)26-10-17(18,19)20)23-16(25)15-4-2-3-12-7-8-22-24(12)15/h2-9,11H,10H2,1H3,(H,23,25)/t11-/m1/s1. The number of nitrogens with one attached hydrogen (secondary N) is 1. The molecular weight excluding hydrogens is 349 g/mol. The van der Waals surface area contributed by atoms with Crippen molar-refractivity contribution >= 4 is 11.4 Å². The molecule has 3 aromatic rings. The summed E-state index contributed by atoms with van der Waals surface area (Å²) >= 11 is 0. The second-order valence-corrected chi connectivity index (χ2v) is 5.60. The normalized spacial score (nSPS) is 12.8. The molecule has 6 nitrogen and oxygen atoms in total. The van der Waals surface area contributed by atoms with E-state index in [2.05, 4.69) is 20.1 Å². The molecule has 0 saturated heterocycles. The van der Waals surface area contributed by atoms with E-state index in [4.69, 9.17) is 0 Å². The molecule has 0 bridgehead atoms. The second-order valence-electron chi connectivity index (χ2n) is 5.60. The molecule has 3 heterocycles. The van der Waals surface area contributed by atoms with E-state index >= 15 is 0 Å². The van der Waals surface area contributed by atoms with Crippen molar-refractivity contribution in [1.29, 1.82) is 0 Å². The molecule has 0 spiro atoms. The third-order valence-corrected chi connectivity index (χ3v) is 3.61. The highest BCUT2D eigenvalue weighted by molar-refractivity contribution is 5.93. The quantitative estimate of drug-likeness (QED) is 0.755. The highest BCUT2D eigenvalue weighted by Gasteiger charge is 2.28. The zero-order chi connectivity index (χ0) is 18.7. The first-order valence-electron chi connectivity index (χ1n) is 7.72.